The third-order valence-electron chi connectivity index (χ3n) is 2.92. The molecular weight excluding hydrogens is 309 g/mol. The van der Waals surface area contributed by atoms with Crippen molar-refractivity contribution in [2.75, 3.05) is 6.61 Å². The largest absolute Gasteiger partial charge is 0.465 e. The van der Waals surface area contributed by atoms with Gasteiger partial charge in [-0.25, -0.2) is 4.79 Å². The summed E-state index contributed by atoms with van der Waals surface area (Å²) in [5, 5.41) is 8.91. The number of hydrogen-bond acceptors (Lipinski definition) is 4. The number of carbonyl (C=O) groups is 1. The first-order valence-electron chi connectivity index (χ1n) is 6.04. The lowest BCUT2D eigenvalue weighted by Gasteiger charge is -2.23. The van der Waals surface area contributed by atoms with Gasteiger partial charge in [-0.1, -0.05) is 18.5 Å². The van der Waals surface area contributed by atoms with Crippen molar-refractivity contribution in [2.24, 2.45) is 0 Å². The molecule has 4 nitrogen and oxygen atoms in total. The van der Waals surface area contributed by atoms with Crippen molar-refractivity contribution in [3.63, 3.8) is 0 Å². The first-order chi connectivity index (χ1) is 9.72. The summed E-state index contributed by atoms with van der Waals surface area (Å²) in [4.78, 5) is 15.6. The minimum atomic E-state index is -4.61. The molecule has 0 fully saturated rings. The highest BCUT2D eigenvalue weighted by atomic mass is 35.5. The number of nitrogens with zero attached hydrogens (tertiary/aromatic N) is 2. The number of rotatable bonds is 4. The topological polar surface area (TPSA) is 63.0 Å². The molecule has 1 heterocycles. The van der Waals surface area contributed by atoms with Gasteiger partial charge in [-0.15, -0.1) is 0 Å². The number of aromatic nitrogens is 1. The van der Waals surface area contributed by atoms with Crippen LogP contribution >= 0.6 is 11.6 Å². The average Bonchev–Trinajstić information content (AvgIpc) is 2.41. The number of hydrogen-bond donors (Lipinski definition) is 0. The summed E-state index contributed by atoms with van der Waals surface area (Å²) >= 11 is 5.80. The van der Waals surface area contributed by atoms with E-state index in [2.05, 4.69) is 4.98 Å². The Balaban J connectivity index is 3.42. The summed E-state index contributed by atoms with van der Waals surface area (Å²) in [6.45, 7) is 3.10. The third kappa shape index (κ3) is 3.27. The van der Waals surface area contributed by atoms with Crippen LogP contribution in [0.3, 0.4) is 0 Å². The summed E-state index contributed by atoms with van der Waals surface area (Å²) in [6.07, 6.45) is -4.09. The van der Waals surface area contributed by atoms with Crippen LogP contribution in [0.25, 0.3) is 0 Å². The molecule has 1 atom stereocenters. The zero-order chi connectivity index (χ0) is 16.3. The molecule has 0 aliphatic heterocycles. The number of halogens is 4. The Morgan fingerprint density at radius 1 is 1.48 bits per heavy atom. The van der Waals surface area contributed by atoms with Gasteiger partial charge in [-0.2, -0.15) is 18.4 Å². The smallest absolute Gasteiger partial charge is 0.417 e. The highest BCUT2D eigenvalue weighted by Gasteiger charge is 2.44. The van der Waals surface area contributed by atoms with Crippen LogP contribution in [0, 0.1) is 11.3 Å². The average molecular weight is 321 g/mol. The summed E-state index contributed by atoms with van der Waals surface area (Å²) < 4.78 is 42.6. The minimum absolute atomic E-state index is 0.0274. The lowest BCUT2D eigenvalue weighted by molar-refractivity contribution is -0.148. The molecular formula is C13H12ClF3N2O2. The van der Waals surface area contributed by atoms with Crippen LogP contribution in [0.2, 0.25) is 5.02 Å². The Bertz CT molecular complexity index is 584. The van der Waals surface area contributed by atoms with Crippen molar-refractivity contribution >= 4 is 17.6 Å². The molecule has 1 aromatic heterocycles. The lowest BCUT2D eigenvalue weighted by Crippen LogP contribution is -2.37. The molecule has 0 N–H and O–H groups in total. The maximum Gasteiger partial charge on any atom is 0.417 e. The normalized spacial score (nSPS) is 14.1. The Morgan fingerprint density at radius 2 is 2.10 bits per heavy atom. The van der Waals surface area contributed by atoms with Gasteiger partial charge < -0.3 is 4.74 Å². The Kier molecular flexibility index (Phi) is 5.18. The van der Waals surface area contributed by atoms with Crippen molar-refractivity contribution in [3.8, 4) is 6.07 Å². The van der Waals surface area contributed by atoms with Crippen molar-refractivity contribution in [1.82, 2.24) is 4.98 Å². The number of alkyl halides is 3. The van der Waals surface area contributed by atoms with Gasteiger partial charge in [0.05, 0.1) is 29.0 Å². The molecule has 1 aromatic rings. The molecule has 0 aliphatic rings. The molecule has 0 amide bonds. The molecule has 8 heteroatoms. The maximum atomic E-state index is 12.6. The zero-order valence-electron chi connectivity index (χ0n) is 11.3. The van der Waals surface area contributed by atoms with E-state index in [-0.39, 0.29) is 18.7 Å². The van der Waals surface area contributed by atoms with Crippen molar-refractivity contribution < 1.29 is 22.7 Å². The van der Waals surface area contributed by atoms with E-state index in [9.17, 15) is 23.2 Å². The number of pyridine rings is 1. The van der Waals surface area contributed by atoms with Gasteiger partial charge in [-0.3, -0.25) is 4.98 Å². The van der Waals surface area contributed by atoms with E-state index < -0.39 is 28.1 Å². The lowest BCUT2D eigenvalue weighted by atomic mass is 9.82. The molecule has 0 bridgehead atoms. The molecule has 114 valence electrons. The van der Waals surface area contributed by atoms with Gasteiger partial charge in [-0.05, 0) is 19.4 Å². The van der Waals surface area contributed by atoms with Crippen LogP contribution in [-0.2, 0) is 21.1 Å². The SMILES string of the molecule is CCOC(=O)C(C#N)(CC)c1ncc(C(F)(F)F)cc1Cl. The van der Waals surface area contributed by atoms with E-state index in [4.69, 9.17) is 16.3 Å². The predicted molar refractivity (Wildman–Crippen MR) is 68.5 cm³/mol. The number of nitriles is 1. The molecule has 1 rings (SSSR count). The second-order valence-electron chi connectivity index (χ2n) is 4.14. The summed E-state index contributed by atoms with van der Waals surface area (Å²) in [7, 11) is 0. The molecule has 0 spiro atoms. The Hall–Kier alpha value is -1.81. The van der Waals surface area contributed by atoms with Gasteiger partial charge in [0.25, 0.3) is 0 Å². The molecule has 0 aliphatic carbocycles. The minimum Gasteiger partial charge on any atom is -0.465 e. The molecule has 0 radical (unpaired) electrons. The number of ether oxygens (including phenoxy) is 1. The monoisotopic (exact) mass is 320 g/mol. The number of carbonyl (C=O) groups excluding carboxylic acids is 1. The van der Waals surface area contributed by atoms with E-state index in [1.807, 2.05) is 0 Å². The second kappa shape index (κ2) is 6.31. The highest BCUT2D eigenvalue weighted by molar-refractivity contribution is 6.31. The van der Waals surface area contributed by atoms with Gasteiger partial charge in [0.15, 0.2) is 5.41 Å². The zero-order valence-corrected chi connectivity index (χ0v) is 12.0. The third-order valence-corrected chi connectivity index (χ3v) is 3.21. The fourth-order valence-corrected chi connectivity index (χ4v) is 2.08. The van der Waals surface area contributed by atoms with E-state index in [0.717, 1.165) is 0 Å². The van der Waals surface area contributed by atoms with Crippen LogP contribution in [0.15, 0.2) is 12.3 Å². The van der Waals surface area contributed by atoms with Crippen molar-refractivity contribution in [1.29, 1.82) is 5.26 Å². The number of esters is 1. The van der Waals surface area contributed by atoms with Crippen LogP contribution in [0.1, 0.15) is 31.5 Å². The van der Waals surface area contributed by atoms with Crippen LogP contribution in [0.4, 0.5) is 13.2 Å². The van der Waals surface area contributed by atoms with Gasteiger partial charge in [0.1, 0.15) is 0 Å². The van der Waals surface area contributed by atoms with E-state index >= 15 is 0 Å². The Labute approximate surface area is 124 Å². The van der Waals surface area contributed by atoms with E-state index in [1.54, 1.807) is 13.0 Å². The molecule has 1 unspecified atom stereocenters. The molecule has 0 saturated carbocycles. The van der Waals surface area contributed by atoms with Crippen molar-refractivity contribution in [2.45, 2.75) is 31.9 Å². The molecule has 0 aromatic carbocycles. The fourth-order valence-electron chi connectivity index (χ4n) is 1.75. The summed E-state index contributed by atoms with van der Waals surface area (Å²) in [5.74, 6) is -0.885. The first-order valence-corrected chi connectivity index (χ1v) is 6.42. The summed E-state index contributed by atoms with van der Waals surface area (Å²) in [5.41, 5.74) is -3.11. The van der Waals surface area contributed by atoms with Gasteiger partial charge in [0, 0.05) is 6.20 Å². The molecule has 21 heavy (non-hydrogen) atoms. The van der Waals surface area contributed by atoms with Crippen LogP contribution in [0.5, 0.6) is 0 Å². The van der Waals surface area contributed by atoms with E-state index in [1.165, 1.54) is 6.92 Å². The predicted octanol–water partition coefficient (Wildman–Crippen LogP) is 3.49. The second-order valence-corrected chi connectivity index (χ2v) is 4.55. The van der Waals surface area contributed by atoms with E-state index in [0.29, 0.717) is 12.3 Å². The maximum absolute atomic E-state index is 12.6. The fraction of sp³-hybridized carbons (Fsp3) is 0.462. The quantitative estimate of drug-likeness (QED) is 0.797. The van der Waals surface area contributed by atoms with Crippen LogP contribution < -0.4 is 0 Å². The van der Waals surface area contributed by atoms with Gasteiger partial charge >= 0.3 is 12.1 Å². The summed E-state index contributed by atoms with van der Waals surface area (Å²) in [6, 6.07) is 2.41. The highest BCUT2D eigenvalue weighted by Crippen LogP contribution is 2.36. The van der Waals surface area contributed by atoms with Crippen LogP contribution in [-0.4, -0.2) is 17.6 Å². The first kappa shape index (κ1) is 17.2. The Morgan fingerprint density at radius 3 is 2.48 bits per heavy atom. The van der Waals surface area contributed by atoms with Gasteiger partial charge in [0.2, 0.25) is 0 Å². The van der Waals surface area contributed by atoms with Crippen molar-refractivity contribution in [3.05, 3.63) is 28.5 Å². The standard InChI is InChI=1S/C13H12ClF3N2O2/c1-3-12(7-18,11(20)21-4-2)10-9(14)5-8(6-19-10)13(15,16)17/h5-6H,3-4H2,1-2H3. The molecule has 0 saturated heterocycles.